The first kappa shape index (κ1) is 15.6. The number of carbonyl (C=O) groups is 1. The van der Waals surface area contributed by atoms with Crippen molar-refractivity contribution in [3.05, 3.63) is 33.8 Å². The number of fused-ring (bicyclic) bond motifs is 3. The largest absolute Gasteiger partial charge is 0.493 e. The van der Waals surface area contributed by atoms with E-state index in [-0.39, 0.29) is 17.3 Å². The standard InChI is InChI=1S/C18H21BrO3/c1-4-7-18-8-6-11(20)9-15(18)22-17-14(21-3)10-13(19)12(5-2)16(17)18/h6,8,10,15H,4-5,7,9H2,1-3H3. The maximum Gasteiger partial charge on any atom is 0.166 e. The summed E-state index contributed by atoms with van der Waals surface area (Å²) in [5.41, 5.74) is 2.25. The molecule has 0 bridgehead atoms. The predicted octanol–water partition coefficient (Wildman–Crippen LogP) is 4.35. The molecule has 3 rings (SSSR count). The summed E-state index contributed by atoms with van der Waals surface area (Å²) < 4.78 is 12.8. The molecule has 22 heavy (non-hydrogen) atoms. The monoisotopic (exact) mass is 364 g/mol. The summed E-state index contributed by atoms with van der Waals surface area (Å²) in [6, 6.07) is 1.97. The second kappa shape index (κ2) is 5.73. The summed E-state index contributed by atoms with van der Waals surface area (Å²) in [6.45, 7) is 4.33. The first-order chi connectivity index (χ1) is 10.6. The van der Waals surface area contributed by atoms with Gasteiger partial charge in [0, 0.05) is 16.5 Å². The second-order valence-corrected chi connectivity index (χ2v) is 6.85. The third-order valence-corrected chi connectivity index (χ3v) is 5.50. The fourth-order valence-corrected chi connectivity index (χ4v) is 4.54. The maximum absolute atomic E-state index is 11.9. The van der Waals surface area contributed by atoms with Gasteiger partial charge in [-0.2, -0.15) is 0 Å². The molecule has 1 aromatic carbocycles. The lowest BCUT2D eigenvalue weighted by Gasteiger charge is -2.34. The van der Waals surface area contributed by atoms with Crippen molar-refractivity contribution >= 4 is 21.7 Å². The molecule has 2 atom stereocenters. The van der Waals surface area contributed by atoms with Crippen LogP contribution in [0.5, 0.6) is 11.5 Å². The van der Waals surface area contributed by atoms with Crippen LogP contribution in [0, 0.1) is 0 Å². The van der Waals surface area contributed by atoms with E-state index in [2.05, 4.69) is 35.9 Å². The Morgan fingerprint density at radius 1 is 1.45 bits per heavy atom. The van der Waals surface area contributed by atoms with E-state index < -0.39 is 0 Å². The maximum atomic E-state index is 11.9. The lowest BCUT2D eigenvalue weighted by molar-refractivity contribution is -0.117. The first-order valence-electron chi connectivity index (χ1n) is 7.86. The summed E-state index contributed by atoms with van der Waals surface area (Å²) in [7, 11) is 1.66. The van der Waals surface area contributed by atoms with Crippen molar-refractivity contribution in [2.75, 3.05) is 7.11 Å². The van der Waals surface area contributed by atoms with Gasteiger partial charge in [-0.15, -0.1) is 0 Å². The van der Waals surface area contributed by atoms with E-state index in [0.29, 0.717) is 6.42 Å². The van der Waals surface area contributed by atoms with Crippen molar-refractivity contribution in [2.24, 2.45) is 0 Å². The first-order valence-corrected chi connectivity index (χ1v) is 8.65. The zero-order chi connectivity index (χ0) is 15.9. The molecule has 1 aliphatic carbocycles. The molecule has 0 aromatic heterocycles. The third-order valence-electron chi connectivity index (χ3n) is 4.79. The van der Waals surface area contributed by atoms with Crippen LogP contribution >= 0.6 is 15.9 Å². The lowest BCUT2D eigenvalue weighted by Crippen LogP contribution is -2.41. The fraction of sp³-hybridized carbons (Fsp3) is 0.500. The van der Waals surface area contributed by atoms with E-state index in [1.165, 1.54) is 11.1 Å². The Bertz CT molecular complexity index is 650. The summed E-state index contributed by atoms with van der Waals surface area (Å²) in [5.74, 6) is 1.70. The highest BCUT2D eigenvalue weighted by atomic mass is 79.9. The zero-order valence-electron chi connectivity index (χ0n) is 13.2. The molecule has 2 unspecified atom stereocenters. The Kier molecular flexibility index (Phi) is 4.06. The van der Waals surface area contributed by atoms with Crippen molar-refractivity contribution in [1.29, 1.82) is 0 Å². The van der Waals surface area contributed by atoms with Gasteiger partial charge < -0.3 is 9.47 Å². The number of halogens is 1. The molecule has 0 saturated carbocycles. The molecule has 2 aliphatic rings. The number of allylic oxidation sites excluding steroid dienone is 1. The molecule has 0 fully saturated rings. The topological polar surface area (TPSA) is 35.5 Å². The van der Waals surface area contributed by atoms with E-state index in [1.807, 2.05) is 6.07 Å². The average molecular weight is 365 g/mol. The van der Waals surface area contributed by atoms with E-state index in [0.717, 1.165) is 35.2 Å². The number of hydrogen-bond donors (Lipinski definition) is 0. The Morgan fingerprint density at radius 3 is 2.86 bits per heavy atom. The number of hydrogen-bond acceptors (Lipinski definition) is 3. The van der Waals surface area contributed by atoms with Crippen LogP contribution in [-0.4, -0.2) is 19.0 Å². The molecule has 0 N–H and O–H groups in total. The summed E-state index contributed by atoms with van der Waals surface area (Å²) in [6.07, 6.45) is 7.05. The molecule has 0 spiro atoms. The average Bonchev–Trinajstić information content (AvgIpc) is 2.82. The summed E-state index contributed by atoms with van der Waals surface area (Å²) in [5, 5.41) is 0. The van der Waals surface area contributed by atoms with Gasteiger partial charge in [-0.3, -0.25) is 4.79 Å². The molecule has 3 nitrogen and oxygen atoms in total. The van der Waals surface area contributed by atoms with Crippen molar-refractivity contribution in [1.82, 2.24) is 0 Å². The minimum Gasteiger partial charge on any atom is -0.493 e. The van der Waals surface area contributed by atoms with Gasteiger partial charge >= 0.3 is 0 Å². The van der Waals surface area contributed by atoms with Gasteiger partial charge in [0.05, 0.1) is 12.5 Å². The van der Waals surface area contributed by atoms with Crippen LogP contribution in [0.15, 0.2) is 22.7 Å². The molecule has 4 heteroatoms. The van der Waals surface area contributed by atoms with Crippen LogP contribution in [0.3, 0.4) is 0 Å². The number of rotatable bonds is 4. The normalized spacial score (nSPS) is 25.6. The Morgan fingerprint density at radius 2 is 2.23 bits per heavy atom. The molecule has 0 saturated heterocycles. The molecule has 1 aromatic rings. The Hall–Kier alpha value is -1.29. The molecular weight excluding hydrogens is 344 g/mol. The van der Waals surface area contributed by atoms with Crippen LogP contribution < -0.4 is 9.47 Å². The quantitative estimate of drug-likeness (QED) is 0.796. The van der Waals surface area contributed by atoms with Crippen molar-refractivity contribution in [2.45, 2.75) is 51.0 Å². The number of benzene rings is 1. The van der Waals surface area contributed by atoms with Crippen LogP contribution in [0.2, 0.25) is 0 Å². The van der Waals surface area contributed by atoms with Crippen LogP contribution in [0.1, 0.15) is 44.2 Å². The van der Waals surface area contributed by atoms with Gasteiger partial charge in [0.15, 0.2) is 17.3 Å². The Labute approximate surface area is 139 Å². The van der Waals surface area contributed by atoms with E-state index in [9.17, 15) is 4.79 Å². The highest BCUT2D eigenvalue weighted by Crippen LogP contribution is 2.56. The number of ketones is 1. The van der Waals surface area contributed by atoms with Gasteiger partial charge in [-0.05, 0) is 30.5 Å². The number of ether oxygens (including phenoxy) is 2. The van der Waals surface area contributed by atoms with Crippen LogP contribution in [0.25, 0.3) is 0 Å². The molecule has 0 radical (unpaired) electrons. The van der Waals surface area contributed by atoms with Gasteiger partial charge in [0.2, 0.25) is 0 Å². The summed E-state index contributed by atoms with van der Waals surface area (Å²) >= 11 is 3.68. The number of methoxy groups -OCH3 is 1. The van der Waals surface area contributed by atoms with Gasteiger partial charge in [-0.1, -0.05) is 42.3 Å². The van der Waals surface area contributed by atoms with E-state index in [4.69, 9.17) is 9.47 Å². The fourth-order valence-electron chi connectivity index (χ4n) is 3.85. The van der Waals surface area contributed by atoms with Crippen molar-refractivity contribution in [3.63, 3.8) is 0 Å². The van der Waals surface area contributed by atoms with Gasteiger partial charge in [0.1, 0.15) is 6.10 Å². The van der Waals surface area contributed by atoms with Crippen molar-refractivity contribution < 1.29 is 14.3 Å². The van der Waals surface area contributed by atoms with Gasteiger partial charge in [-0.25, -0.2) is 0 Å². The van der Waals surface area contributed by atoms with Crippen LogP contribution in [0.4, 0.5) is 0 Å². The Balaban J connectivity index is 2.29. The minimum absolute atomic E-state index is 0.117. The number of carbonyl (C=O) groups excluding carboxylic acids is 1. The minimum atomic E-state index is -0.208. The molecular formula is C18H21BrO3. The lowest BCUT2D eigenvalue weighted by atomic mass is 9.68. The van der Waals surface area contributed by atoms with E-state index >= 15 is 0 Å². The molecule has 1 aliphatic heterocycles. The molecule has 1 heterocycles. The molecule has 0 amide bonds. The zero-order valence-corrected chi connectivity index (χ0v) is 14.8. The van der Waals surface area contributed by atoms with Crippen molar-refractivity contribution in [3.8, 4) is 11.5 Å². The smallest absolute Gasteiger partial charge is 0.166 e. The van der Waals surface area contributed by atoms with Crippen LogP contribution in [-0.2, 0) is 16.6 Å². The molecule has 118 valence electrons. The summed E-state index contributed by atoms with van der Waals surface area (Å²) in [4.78, 5) is 11.9. The SMILES string of the molecule is CCCC12C=CC(=O)CC1Oc1c(OC)cc(Br)c(CC)c12. The third kappa shape index (κ3) is 2.11. The van der Waals surface area contributed by atoms with Gasteiger partial charge in [0.25, 0.3) is 0 Å². The van der Waals surface area contributed by atoms with E-state index in [1.54, 1.807) is 13.2 Å². The highest BCUT2D eigenvalue weighted by Gasteiger charge is 2.51. The second-order valence-electron chi connectivity index (χ2n) is 6.00. The predicted molar refractivity (Wildman–Crippen MR) is 89.8 cm³/mol. The highest BCUT2D eigenvalue weighted by molar-refractivity contribution is 9.10.